The van der Waals surface area contributed by atoms with Crippen LogP contribution in [0.4, 0.5) is 5.69 Å². The number of amides is 1. The van der Waals surface area contributed by atoms with Gasteiger partial charge in [0.15, 0.2) is 0 Å². The Morgan fingerprint density at radius 1 is 1.35 bits per heavy atom. The molecule has 0 aromatic carbocycles. The SMILES string of the molecule is Cc1nn(C)c(C)c1C(=O)Nc1cnn(C)c1. The third kappa shape index (κ3) is 2.06. The van der Waals surface area contributed by atoms with E-state index < -0.39 is 0 Å². The van der Waals surface area contributed by atoms with Crippen molar-refractivity contribution in [2.45, 2.75) is 13.8 Å². The van der Waals surface area contributed by atoms with Gasteiger partial charge in [0.1, 0.15) is 0 Å². The van der Waals surface area contributed by atoms with E-state index in [1.54, 1.807) is 28.8 Å². The molecule has 0 spiro atoms. The lowest BCUT2D eigenvalue weighted by Gasteiger charge is -2.02. The average Bonchev–Trinajstić information content (AvgIpc) is 2.73. The van der Waals surface area contributed by atoms with Gasteiger partial charge >= 0.3 is 0 Å². The Bertz CT molecular complexity index is 566. The smallest absolute Gasteiger partial charge is 0.259 e. The maximum Gasteiger partial charge on any atom is 0.259 e. The minimum absolute atomic E-state index is 0.152. The van der Waals surface area contributed by atoms with Crippen LogP contribution in [0.2, 0.25) is 0 Å². The molecule has 17 heavy (non-hydrogen) atoms. The van der Waals surface area contributed by atoms with Gasteiger partial charge in [-0.05, 0) is 13.8 Å². The summed E-state index contributed by atoms with van der Waals surface area (Å²) in [5, 5.41) is 11.0. The van der Waals surface area contributed by atoms with Gasteiger partial charge in [0.05, 0.1) is 23.1 Å². The molecule has 0 radical (unpaired) electrons. The summed E-state index contributed by atoms with van der Waals surface area (Å²) in [7, 11) is 3.62. The van der Waals surface area contributed by atoms with Crippen molar-refractivity contribution in [1.29, 1.82) is 0 Å². The average molecular weight is 233 g/mol. The molecule has 2 aromatic heterocycles. The third-order valence-electron chi connectivity index (χ3n) is 2.70. The van der Waals surface area contributed by atoms with Crippen LogP contribution in [0.1, 0.15) is 21.7 Å². The molecule has 0 saturated carbocycles. The number of hydrogen-bond acceptors (Lipinski definition) is 3. The molecule has 6 heteroatoms. The van der Waals surface area contributed by atoms with E-state index in [4.69, 9.17) is 0 Å². The van der Waals surface area contributed by atoms with Gasteiger partial charge in [-0.25, -0.2) is 0 Å². The van der Waals surface area contributed by atoms with Crippen LogP contribution in [0.5, 0.6) is 0 Å². The fourth-order valence-corrected chi connectivity index (χ4v) is 1.78. The molecule has 90 valence electrons. The van der Waals surface area contributed by atoms with Crippen molar-refractivity contribution in [2.24, 2.45) is 14.1 Å². The maximum absolute atomic E-state index is 12.1. The molecule has 2 rings (SSSR count). The zero-order valence-electron chi connectivity index (χ0n) is 10.4. The minimum atomic E-state index is -0.152. The predicted molar refractivity (Wildman–Crippen MR) is 63.8 cm³/mol. The number of aryl methyl sites for hydroxylation is 3. The Kier molecular flexibility index (Phi) is 2.71. The van der Waals surface area contributed by atoms with Crippen LogP contribution < -0.4 is 5.32 Å². The number of nitrogens with zero attached hydrogens (tertiary/aromatic N) is 4. The number of nitrogens with one attached hydrogen (secondary N) is 1. The molecule has 0 aliphatic rings. The summed E-state index contributed by atoms with van der Waals surface area (Å²) in [6, 6.07) is 0. The first-order valence-corrected chi connectivity index (χ1v) is 5.29. The van der Waals surface area contributed by atoms with Crippen LogP contribution in [0, 0.1) is 13.8 Å². The first-order chi connectivity index (χ1) is 7.99. The molecule has 2 aromatic rings. The first-order valence-electron chi connectivity index (χ1n) is 5.29. The molecule has 0 fully saturated rings. The summed E-state index contributed by atoms with van der Waals surface area (Å²) in [6.07, 6.45) is 3.36. The lowest BCUT2D eigenvalue weighted by atomic mass is 10.2. The highest BCUT2D eigenvalue weighted by Crippen LogP contribution is 2.14. The second-order valence-electron chi connectivity index (χ2n) is 4.03. The number of carbonyl (C=O) groups is 1. The molecular formula is C11H15N5O. The van der Waals surface area contributed by atoms with Crippen LogP contribution >= 0.6 is 0 Å². The largest absolute Gasteiger partial charge is 0.319 e. The lowest BCUT2D eigenvalue weighted by Crippen LogP contribution is -2.13. The molecule has 0 unspecified atom stereocenters. The minimum Gasteiger partial charge on any atom is -0.319 e. The van der Waals surface area contributed by atoms with Gasteiger partial charge in [0, 0.05) is 26.0 Å². The van der Waals surface area contributed by atoms with Crippen LogP contribution in [-0.4, -0.2) is 25.5 Å². The number of aromatic nitrogens is 4. The summed E-state index contributed by atoms with van der Waals surface area (Å²) in [4.78, 5) is 12.1. The summed E-state index contributed by atoms with van der Waals surface area (Å²) < 4.78 is 3.34. The van der Waals surface area contributed by atoms with Crippen molar-refractivity contribution in [3.05, 3.63) is 29.3 Å². The topological polar surface area (TPSA) is 64.7 Å². The molecule has 1 N–H and O–H groups in total. The predicted octanol–water partition coefficient (Wildman–Crippen LogP) is 1.02. The quantitative estimate of drug-likeness (QED) is 0.842. The van der Waals surface area contributed by atoms with E-state index in [9.17, 15) is 4.79 Å². The Balaban J connectivity index is 2.26. The Morgan fingerprint density at radius 3 is 2.53 bits per heavy atom. The van der Waals surface area contributed by atoms with E-state index in [1.165, 1.54) is 0 Å². The van der Waals surface area contributed by atoms with Gasteiger partial charge in [-0.2, -0.15) is 10.2 Å². The van der Waals surface area contributed by atoms with E-state index in [-0.39, 0.29) is 5.91 Å². The summed E-state index contributed by atoms with van der Waals surface area (Å²) in [5.41, 5.74) is 2.88. The molecule has 0 aliphatic heterocycles. The molecule has 6 nitrogen and oxygen atoms in total. The Labute approximate surface area is 99.2 Å². The van der Waals surface area contributed by atoms with Crippen molar-refractivity contribution < 1.29 is 4.79 Å². The maximum atomic E-state index is 12.1. The first kappa shape index (κ1) is 11.4. The highest BCUT2D eigenvalue weighted by atomic mass is 16.1. The van der Waals surface area contributed by atoms with E-state index in [0.717, 1.165) is 11.4 Å². The summed E-state index contributed by atoms with van der Waals surface area (Å²) >= 11 is 0. The van der Waals surface area contributed by atoms with E-state index in [2.05, 4.69) is 15.5 Å². The molecular weight excluding hydrogens is 218 g/mol. The summed E-state index contributed by atoms with van der Waals surface area (Å²) in [5.74, 6) is -0.152. The van der Waals surface area contributed by atoms with E-state index >= 15 is 0 Å². The van der Waals surface area contributed by atoms with Crippen molar-refractivity contribution in [3.63, 3.8) is 0 Å². The lowest BCUT2D eigenvalue weighted by molar-refractivity contribution is 0.102. The molecule has 2 heterocycles. The van der Waals surface area contributed by atoms with Gasteiger partial charge in [-0.15, -0.1) is 0 Å². The molecule has 0 atom stereocenters. The van der Waals surface area contributed by atoms with E-state index in [1.807, 2.05) is 20.9 Å². The highest BCUT2D eigenvalue weighted by molar-refractivity contribution is 6.05. The molecule has 0 aliphatic carbocycles. The number of rotatable bonds is 2. The van der Waals surface area contributed by atoms with Crippen molar-refractivity contribution in [3.8, 4) is 0 Å². The summed E-state index contributed by atoms with van der Waals surface area (Å²) in [6.45, 7) is 3.70. The normalized spacial score (nSPS) is 10.6. The van der Waals surface area contributed by atoms with Crippen molar-refractivity contribution >= 4 is 11.6 Å². The Morgan fingerprint density at radius 2 is 2.06 bits per heavy atom. The molecule has 0 saturated heterocycles. The van der Waals surface area contributed by atoms with Crippen LogP contribution in [0.25, 0.3) is 0 Å². The van der Waals surface area contributed by atoms with Gasteiger partial charge in [0.25, 0.3) is 5.91 Å². The zero-order valence-corrected chi connectivity index (χ0v) is 10.4. The fraction of sp³-hybridized carbons (Fsp3) is 0.364. The van der Waals surface area contributed by atoms with E-state index in [0.29, 0.717) is 11.3 Å². The second-order valence-corrected chi connectivity index (χ2v) is 4.03. The van der Waals surface area contributed by atoms with Gasteiger partial charge < -0.3 is 5.32 Å². The number of hydrogen-bond donors (Lipinski definition) is 1. The second kappa shape index (κ2) is 4.04. The number of anilines is 1. The fourth-order valence-electron chi connectivity index (χ4n) is 1.78. The zero-order chi connectivity index (χ0) is 12.6. The monoisotopic (exact) mass is 233 g/mol. The molecule has 0 bridgehead atoms. The van der Waals surface area contributed by atoms with Gasteiger partial charge in [0.2, 0.25) is 0 Å². The van der Waals surface area contributed by atoms with Crippen LogP contribution in [0.15, 0.2) is 12.4 Å². The van der Waals surface area contributed by atoms with Gasteiger partial charge in [-0.1, -0.05) is 0 Å². The number of carbonyl (C=O) groups excluding carboxylic acids is 1. The van der Waals surface area contributed by atoms with Crippen LogP contribution in [0.3, 0.4) is 0 Å². The molecule has 1 amide bonds. The highest BCUT2D eigenvalue weighted by Gasteiger charge is 2.17. The third-order valence-corrected chi connectivity index (χ3v) is 2.70. The van der Waals surface area contributed by atoms with Crippen LogP contribution in [-0.2, 0) is 14.1 Å². The van der Waals surface area contributed by atoms with Crippen molar-refractivity contribution in [2.75, 3.05) is 5.32 Å². The van der Waals surface area contributed by atoms with Crippen molar-refractivity contribution in [1.82, 2.24) is 19.6 Å². The van der Waals surface area contributed by atoms with Gasteiger partial charge in [-0.3, -0.25) is 14.2 Å². The Hall–Kier alpha value is -2.11. The standard InChI is InChI=1S/C11H15N5O/c1-7-10(8(2)16(4)14-7)11(17)13-9-5-12-15(3)6-9/h5-6H,1-4H3,(H,13,17).